The first-order chi connectivity index (χ1) is 9.74. The molecule has 1 aliphatic rings. The molecule has 0 saturated carbocycles. The van der Waals surface area contributed by atoms with Crippen molar-refractivity contribution in [1.82, 2.24) is 9.88 Å². The van der Waals surface area contributed by atoms with E-state index >= 15 is 0 Å². The van der Waals surface area contributed by atoms with E-state index in [0.29, 0.717) is 12.5 Å². The van der Waals surface area contributed by atoms with E-state index in [1.165, 1.54) is 17.4 Å². The SMILES string of the molecule is CC(=O)CC1CCCN1Cc1cccc2cccnc12. The summed E-state index contributed by atoms with van der Waals surface area (Å²) in [6.45, 7) is 3.67. The van der Waals surface area contributed by atoms with E-state index in [1.807, 2.05) is 12.3 Å². The van der Waals surface area contributed by atoms with Gasteiger partial charge in [-0.3, -0.25) is 14.7 Å². The molecule has 0 radical (unpaired) electrons. The van der Waals surface area contributed by atoms with Gasteiger partial charge in [0.25, 0.3) is 0 Å². The van der Waals surface area contributed by atoms with Gasteiger partial charge in [0.1, 0.15) is 5.78 Å². The summed E-state index contributed by atoms with van der Waals surface area (Å²) < 4.78 is 0. The maximum Gasteiger partial charge on any atom is 0.131 e. The van der Waals surface area contributed by atoms with Gasteiger partial charge in [0, 0.05) is 30.6 Å². The highest BCUT2D eigenvalue weighted by atomic mass is 16.1. The van der Waals surface area contributed by atoms with Crippen molar-refractivity contribution in [2.45, 2.75) is 38.8 Å². The van der Waals surface area contributed by atoms with Crippen LogP contribution >= 0.6 is 0 Å². The lowest BCUT2D eigenvalue weighted by atomic mass is 10.1. The number of carbonyl (C=O) groups is 1. The van der Waals surface area contributed by atoms with Crippen LogP contribution in [0, 0.1) is 0 Å². The molecular formula is C17H20N2O. The number of carbonyl (C=O) groups excluding carboxylic acids is 1. The Balaban J connectivity index is 1.84. The van der Waals surface area contributed by atoms with Gasteiger partial charge in [-0.15, -0.1) is 0 Å². The van der Waals surface area contributed by atoms with Gasteiger partial charge in [-0.2, -0.15) is 0 Å². The zero-order valence-corrected chi connectivity index (χ0v) is 11.9. The topological polar surface area (TPSA) is 33.2 Å². The molecule has 0 amide bonds. The lowest BCUT2D eigenvalue weighted by molar-refractivity contribution is -0.118. The van der Waals surface area contributed by atoms with Crippen molar-refractivity contribution in [3.63, 3.8) is 0 Å². The lowest BCUT2D eigenvalue weighted by Crippen LogP contribution is -2.30. The zero-order valence-electron chi connectivity index (χ0n) is 11.9. The summed E-state index contributed by atoms with van der Waals surface area (Å²) in [4.78, 5) is 18.3. The molecule has 3 nitrogen and oxygen atoms in total. The molecule has 3 rings (SSSR count). The molecule has 0 aliphatic carbocycles. The zero-order chi connectivity index (χ0) is 13.9. The number of likely N-dealkylation sites (tertiary alicyclic amines) is 1. The van der Waals surface area contributed by atoms with Crippen molar-refractivity contribution < 1.29 is 4.79 Å². The average Bonchev–Trinajstić information content (AvgIpc) is 2.86. The highest BCUT2D eigenvalue weighted by Crippen LogP contribution is 2.25. The van der Waals surface area contributed by atoms with Crippen molar-refractivity contribution in [1.29, 1.82) is 0 Å². The molecule has 0 N–H and O–H groups in total. The van der Waals surface area contributed by atoms with Gasteiger partial charge < -0.3 is 0 Å². The summed E-state index contributed by atoms with van der Waals surface area (Å²) >= 11 is 0. The highest BCUT2D eigenvalue weighted by molar-refractivity contribution is 5.81. The van der Waals surface area contributed by atoms with Crippen LogP contribution in [-0.2, 0) is 11.3 Å². The number of aromatic nitrogens is 1. The van der Waals surface area contributed by atoms with E-state index in [1.54, 1.807) is 6.92 Å². The number of Topliss-reactive ketones (excluding diaryl/α,β-unsaturated/α-hetero) is 1. The number of benzene rings is 1. The van der Waals surface area contributed by atoms with Crippen molar-refractivity contribution in [2.75, 3.05) is 6.54 Å². The number of hydrogen-bond donors (Lipinski definition) is 0. The maximum atomic E-state index is 11.4. The second-order valence-corrected chi connectivity index (χ2v) is 5.66. The van der Waals surface area contributed by atoms with Crippen LogP contribution in [0.5, 0.6) is 0 Å². The third-order valence-electron chi connectivity index (χ3n) is 4.11. The van der Waals surface area contributed by atoms with Crippen LogP contribution in [0.15, 0.2) is 36.5 Å². The first-order valence-corrected chi connectivity index (χ1v) is 7.30. The molecule has 3 heteroatoms. The van der Waals surface area contributed by atoms with Crippen molar-refractivity contribution in [2.24, 2.45) is 0 Å². The van der Waals surface area contributed by atoms with E-state index < -0.39 is 0 Å². The van der Waals surface area contributed by atoms with Gasteiger partial charge in [-0.1, -0.05) is 24.3 Å². The van der Waals surface area contributed by atoms with E-state index in [-0.39, 0.29) is 5.78 Å². The van der Waals surface area contributed by atoms with Crippen molar-refractivity contribution >= 4 is 16.7 Å². The Hall–Kier alpha value is -1.74. The Bertz CT molecular complexity index is 618. The predicted molar refractivity (Wildman–Crippen MR) is 80.5 cm³/mol. The second-order valence-electron chi connectivity index (χ2n) is 5.66. The van der Waals surface area contributed by atoms with E-state index in [0.717, 1.165) is 25.0 Å². The minimum Gasteiger partial charge on any atom is -0.300 e. The molecule has 0 spiro atoms. The Morgan fingerprint density at radius 1 is 1.35 bits per heavy atom. The highest BCUT2D eigenvalue weighted by Gasteiger charge is 2.25. The normalized spacial score (nSPS) is 19.6. The molecule has 1 unspecified atom stereocenters. The van der Waals surface area contributed by atoms with Crippen LogP contribution in [0.4, 0.5) is 0 Å². The lowest BCUT2D eigenvalue weighted by Gasteiger charge is -2.24. The number of para-hydroxylation sites is 1. The second kappa shape index (κ2) is 5.71. The molecule has 2 aromatic rings. The first kappa shape index (κ1) is 13.3. The van der Waals surface area contributed by atoms with Gasteiger partial charge >= 0.3 is 0 Å². The molecule has 1 saturated heterocycles. The van der Waals surface area contributed by atoms with Gasteiger partial charge in [0.05, 0.1) is 5.52 Å². The fourth-order valence-corrected chi connectivity index (χ4v) is 3.18. The van der Waals surface area contributed by atoms with Gasteiger partial charge in [0.15, 0.2) is 0 Å². The fourth-order valence-electron chi connectivity index (χ4n) is 3.18. The molecule has 1 aliphatic heterocycles. The maximum absolute atomic E-state index is 11.4. The Morgan fingerprint density at radius 2 is 2.20 bits per heavy atom. The molecule has 1 aromatic heterocycles. The van der Waals surface area contributed by atoms with Crippen molar-refractivity contribution in [3.8, 4) is 0 Å². The summed E-state index contributed by atoms with van der Waals surface area (Å²) in [5.74, 6) is 0.290. The van der Waals surface area contributed by atoms with Crippen LogP contribution in [-0.4, -0.2) is 28.3 Å². The molecule has 1 aromatic carbocycles. The molecule has 2 heterocycles. The summed E-state index contributed by atoms with van der Waals surface area (Å²) in [5, 5.41) is 1.19. The predicted octanol–water partition coefficient (Wildman–Crippen LogP) is 3.18. The molecular weight excluding hydrogens is 248 g/mol. The quantitative estimate of drug-likeness (QED) is 0.854. The third kappa shape index (κ3) is 2.73. The Kier molecular flexibility index (Phi) is 3.79. The summed E-state index contributed by atoms with van der Waals surface area (Å²) in [6.07, 6.45) is 4.86. The molecule has 1 atom stereocenters. The van der Waals surface area contributed by atoms with Crippen LogP contribution in [0.1, 0.15) is 31.7 Å². The monoisotopic (exact) mass is 268 g/mol. The average molecular weight is 268 g/mol. The minimum absolute atomic E-state index is 0.290. The summed E-state index contributed by atoms with van der Waals surface area (Å²) in [5.41, 5.74) is 2.35. The molecule has 20 heavy (non-hydrogen) atoms. The third-order valence-corrected chi connectivity index (χ3v) is 4.11. The van der Waals surface area contributed by atoms with Crippen LogP contribution in [0.2, 0.25) is 0 Å². The minimum atomic E-state index is 0.290. The van der Waals surface area contributed by atoms with E-state index in [9.17, 15) is 4.79 Å². The molecule has 1 fully saturated rings. The van der Waals surface area contributed by atoms with Gasteiger partial charge in [0.2, 0.25) is 0 Å². The van der Waals surface area contributed by atoms with Gasteiger partial charge in [-0.25, -0.2) is 0 Å². The number of pyridine rings is 1. The van der Waals surface area contributed by atoms with Crippen LogP contribution < -0.4 is 0 Å². The molecule has 104 valence electrons. The Labute approximate surface area is 119 Å². The Morgan fingerprint density at radius 3 is 3.05 bits per heavy atom. The first-order valence-electron chi connectivity index (χ1n) is 7.30. The van der Waals surface area contributed by atoms with E-state index in [4.69, 9.17) is 0 Å². The number of hydrogen-bond acceptors (Lipinski definition) is 3. The number of fused-ring (bicyclic) bond motifs is 1. The molecule has 0 bridgehead atoms. The standard InChI is InChI=1S/C17H20N2O/c1-13(20)11-16-8-4-10-19(16)12-15-6-2-5-14-7-3-9-18-17(14)15/h2-3,5-7,9,16H,4,8,10-12H2,1H3. The largest absolute Gasteiger partial charge is 0.300 e. The van der Waals surface area contributed by atoms with Crippen LogP contribution in [0.25, 0.3) is 10.9 Å². The smallest absolute Gasteiger partial charge is 0.131 e. The van der Waals surface area contributed by atoms with Gasteiger partial charge in [-0.05, 0) is 37.9 Å². The fraction of sp³-hybridized carbons (Fsp3) is 0.412. The number of nitrogens with zero attached hydrogens (tertiary/aromatic N) is 2. The summed E-state index contributed by atoms with van der Waals surface area (Å²) in [7, 11) is 0. The van der Waals surface area contributed by atoms with E-state index in [2.05, 4.69) is 34.1 Å². The van der Waals surface area contributed by atoms with Crippen LogP contribution in [0.3, 0.4) is 0 Å². The number of ketones is 1. The summed E-state index contributed by atoms with van der Waals surface area (Å²) in [6, 6.07) is 10.8. The number of rotatable bonds is 4. The van der Waals surface area contributed by atoms with Crippen molar-refractivity contribution in [3.05, 3.63) is 42.1 Å².